The summed E-state index contributed by atoms with van der Waals surface area (Å²) in [6.07, 6.45) is 0.846. The molecule has 0 aliphatic carbocycles. The minimum Gasteiger partial charge on any atom is -0.339 e. The third-order valence-electron chi connectivity index (χ3n) is 3.88. The fraction of sp³-hybridized carbons (Fsp3) is 0.412. The van der Waals surface area contributed by atoms with Crippen molar-refractivity contribution >= 4 is 35.0 Å². The summed E-state index contributed by atoms with van der Waals surface area (Å²) in [5.74, 6) is -0.0384. The summed E-state index contributed by atoms with van der Waals surface area (Å²) >= 11 is 11.8. The first-order valence-corrected chi connectivity index (χ1v) is 8.30. The quantitative estimate of drug-likeness (QED) is 0.830. The molecule has 1 aliphatic rings. The van der Waals surface area contributed by atoms with Gasteiger partial charge in [0, 0.05) is 37.6 Å². The van der Waals surface area contributed by atoms with Gasteiger partial charge in [0.15, 0.2) is 0 Å². The third-order valence-corrected chi connectivity index (χ3v) is 4.39. The van der Waals surface area contributed by atoms with Crippen LogP contribution in [0.25, 0.3) is 0 Å². The third kappa shape index (κ3) is 4.72. The molecule has 1 aliphatic heterocycles. The molecule has 0 spiro atoms. The maximum Gasteiger partial charge on any atom is 0.255 e. The first-order valence-electron chi connectivity index (χ1n) is 7.55. The van der Waals surface area contributed by atoms with Gasteiger partial charge in [-0.3, -0.25) is 9.59 Å². The molecule has 0 atom stereocenters. The molecule has 1 aromatic rings. The Balaban J connectivity index is 1.92. The van der Waals surface area contributed by atoms with Crippen LogP contribution in [-0.2, 0) is 4.79 Å². The summed E-state index contributed by atoms with van der Waals surface area (Å²) in [4.78, 5) is 28.1. The molecule has 1 fully saturated rings. The largest absolute Gasteiger partial charge is 0.339 e. The zero-order valence-electron chi connectivity index (χ0n) is 13.1. The lowest BCUT2D eigenvalue weighted by Gasteiger charge is -2.35. The minimum atomic E-state index is -0.0868. The highest BCUT2D eigenvalue weighted by Crippen LogP contribution is 2.20. The van der Waals surface area contributed by atoms with Crippen LogP contribution in [0.4, 0.5) is 0 Å². The van der Waals surface area contributed by atoms with Crippen LogP contribution in [0.5, 0.6) is 0 Å². The molecular formula is C17H20Cl2N2O2. The van der Waals surface area contributed by atoms with Crippen LogP contribution in [0, 0.1) is 6.92 Å². The van der Waals surface area contributed by atoms with E-state index in [-0.39, 0.29) is 11.8 Å². The molecule has 23 heavy (non-hydrogen) atoms. The molecule has 0 radical (unpaired) electrons. The lowest BCUT2D eigenvalue weighted by Crippen LogP contribution is -2.50. The number of hydrogen-bond donors (Lipinski definition) is 0. The number of halogens is 2. The van der Waals surface area contributed by atoms with Gasteiger partial charge >= 0.3 is 0 Å². The Labute approximate surface area is 146 Å². The second kappa shape index (κ2) is 7.84. The Morgan fingerprint density at radius 1 is 1.13 bits per heavy atom. The molecule has 1 aromatic carbocycles. The van der Waals surface area contributed by atoms with Gasteiger partial charge in [-0.25, -0.2) is 0 Å². The molecule has 0 unspecified atom stereocenters. The van der Waals surface area contributed by atoms with Gasteiger partial charge in [0.2, 0.25) is 5.91 Å². The van der Waals surface area contributed by atoms with Crippen LogP contribution in [0.2, 0.25) is 5.02 Å². The van der Waals surface area contributed by atoms with Gasteiger partial charge in [-0.15, -0.1) is 0 Å². The molecule has 1 saturated heterocycles. The van der Waals surface area contributed by atoms with Crippen LogP contribution >= 0.6 is 23.2 Å². The maximum absolute atomic E-state index is 12.5. The van der Waals surface area contributed by atoms with E-state index >= 15 is 0 Å². The summed E-state index contributed by atoms with van der Waals surface area (Å²) in [6, 6.07) is 5.41. The molecule has 2 amide bonds. The van der Waals surface area contributed by atoms with Crippen LogP contribution in [0.1, 0.15) is 28.8 Å². The van der Waals surface area contributed by atoms with Crippen LogP contribution in [0.15, 0.2) is 29.8 Å². The first-order chi connectivity index (χ1) is 10.9. The summed E-state index contributed by atoms with van der Waals surface area (Å²) in [5.41, 5.74) is 1.53. The highest BCUT2D eigenvalue weighted by atomic mass is 35.5. The monoisotopic (exact) mass is 354 g/mol. The van der Waals surface area contributed by atoms with Gasteiger partial charge in [-0.05, 0) is 31.0 Å². The smallest absolute Gasteiger partial charge is 0.255 e. The van der Waals surface area contributed by atoms with E-state index < -0.39 is 0 Å². The molecule has 6 heteroatoms. The van der Waals surface area contributed by atoms with Crippen LogP contribution in [-0.4, -0.2) is 47.8 Å². The van der Waals surface area contributed by atoms with Gasteiger partial charge in [0.05, 0.1) is 10.6 Å². The summed E-state index contributed by atoms with van der Waals surface area (Å²) in [5, 5.41) is 0.954. The average Bonchev–Trinajstić information content (AvgIpc) is 2.52. The maximum atomic E-state index is 12.5. The van der Waals surface area contributed by atoms with E-state index in [0.717, 1.165) is 5.56 Å². The van der Waals surface area contributed by atoms with Crippen molar-refractivity contribution in [1.29, 1.82) is 0 Å². The number of hydrogen-bond acceptors (Lipinski definition) is 2. The number of nitrogens with zero attached hydrogens (tertiary/aromatic N) is 2. The van der Waals surface area contributed by atoms with Gasteiger partial charge < -0.3 is 9.80 Å². The molecule has 2 rings (SSSR count). The van der Waals surface area contributed by atoms with E-state index in [1.54, 1.807) is 21.9 Å². The lowest BCUT2D eigenvalue weighted by molar-refractivity contribution is -0.132. The van der Waals surface area contributed by atoms with Gasteiger partial charge in [-0.1, -0.05) is 35.8 Å². The molecular weight excluding hydrogens is 335 g/mol. The van der Waals surface area contributed by atoms with Crippen LogP contribution in [0.3, 0.4) is 0 Å². The number of amides is 2. The standard InChI is InChI=1S/C17H20Cl2N2O2/c1-12-3-5-14(15(19)11-12)17(23)21-9-7-20(8-10-21)16(22)6-4-13(2)18/h3,5,11H,2,4,6-10H2,1H3. The Morgan fingerprint density at radius 2 is 1.74 bits per heavy atom. The molecule has 0 bridgehead atoms. The molecule has 0 N–H and O–H groups in total. The number of allylic oxidation sites excluding steroid dienone is 1. The zero-order valence-corrected chi connectivity index (χ0v) is 14.7. The zero-order chi connectivity index (χ0) is 17.0. The Morgan fingerprint density at radius 3 is 2.30 bits per heavy atom. The van der Waals surface area contributed by atoms with E-state index in [4.69, 9.17) is 23.2 Å². The molecule has 0 saturated carbocycles. The van der Waals surface area contributed by atoms with E-state index in [2.05, 4.69) is 6.58 Å². The van der Waals surface area contributed by atoms with E-state index in [0.29, 0.717) is 54.6 Å². The highest BCUT2D eigenvalue weighted by Gasteiger charge is 2.25. The van der Waals surface area contributed by atoms with Crippen molar-refractivity contribution in [3.63, 3.8) is 0 Å². The average molecular weight is 355 g/mol. The van der Waals surface area contributed by atoms with Gasteiger partial charge in [-0.2, -0.15) is 0 Å². The first kappa shape index (κ1) is 17.8. The van der Waals surface area contributed by atoms with E-state index in [1.165, 1.54) is 0 Å². The fourth-order valence-corrected chi connectivity index (χ4v) is 2.93. The molecule has 124 valence electrons. The van der Waals surface area contributed by atoms with Crippen molar-refractivity contribution in [2.24, 2.45) is 0 Å². The van der Waals surface area contributed by atoms with E-state index in [1.807, 2.05) is 13.0 Å². The number of carbonyl (C=O) groups is 2. The number of rotatable bonds is 4. The van der Waals surface area contributed by atoms with Crippen molar-refractivity contribution in [2.75, 3.05) is 26.2 Å². The van der Waals surface area contributed by atoms with E-state index in [9.17, 15) is 9.59 Å². The predicted octanol–water partition coefficient (Wildman–Crippen LogP) is 3.47. The summed E-state index contributed by atoms with van der Waals surface area (Å²) in [7, 11) is 0. The Hall–Kier alpha value is -1.52. The minimum absolute atomic E-state index is 0.0484. The second-order valence-electron chi connectivity index (χ2n) is 5.67. The van der Waals surface area contributed by atoms with Crippen molar-refractivity contribution in [3.05, 3.63) is 46.0 Å². The van der Waals surface area contributed by atoms with Crippen LogP contribution < -0.4 is 0 Å². The summed E-state index contributed by atoms with van der Waals surface area (Å²) < 4.78 is 0. The highest BCUT2D eigenvalue weighted by molar-refractivity contribution is 6.33. The normalized spacial score (nSPS) is 14.7. The van der Waals surface area contributed by atoms with Crippen molar-refractivity contribution in [1.82, 2.24) is 9.80 Å². The molecule has 1 heterocycles. The summed E-state index contributed by atoms with van der Waals surface area (Å²) in [6.45, 7) is 7.60. The number of benzene rings is 1. The number of aryl methyl sites for hydroxylation is 1. The molecule has 0 aromatic heterocycles. The lowest BCUT2D eigenvalue weighted by atomic mass is 10.1. The fourth-order valence-electron chi connectivity index (χ4n) is 2.52. The topological polar surface area (TPSA) is 40.6 Å². The SMILES string of the molecule is C=C(Cl)CCC(=O)N1CCN(C(=O)c2ccc(C)cc2Cl)CC1. The number of carbonyl (C=O) groups excluding carboxylic acids is 2. The van der Waals surface area contributed by atoms with Crippen molar-refractivity contribution < 1.29 is 9.59 Å². The Kier molecular flexibility index (Phi) is 6.08. The van der Waals surface area contributed by atoms with Crippen molar-refractivity contribution in [3.8, 4) is 0 Å². The second-order valence-corrected chi connectivity index (χ2v) is 6.62. The van der Waals surface area contributed by atoms with Gasteiger partial charge in [0.25, 0.3) is 5.91 Å². The predicted molar refractivity (Wildman–Crippen MR) is 92.9 cm³/mol. The molecule has 4 nitrogen and oxygen atoms in total. The van der Waals surface area contributed by atoms with Crippen molar-refractivity contribution in [2.45, 2.75) is 19.8 Å². The van der Waals surface area contributed by atoms with Gasteiger partial charge in [0.1, 0.15) is 0 Å². The Bertz CT molecular complexity index is 623. The number of piperazine rings is 1.